The van der Waals surface area contributed by atoms with Gasteiger partial charge in [0.15, 0.2) is 0 Å². The summed E-state index contributed by atoms with van der Waals surface area (Å²) >= 11 is 1.36. The highest BCUT2D eigenvalue weighted by Gasteiger charge is 2.41. The fourth-order valence-electron chi connectivity index (χ4n) is 3.33. The smallest absolute Gasteiger partial charge is 0.341 e. The minimum atomic E-state index is -0.455. The second-order valence-corrected chi connectivity index (χ2v) is 6.83. The Morgan fingerprint density at radius 3 is 2.46 bits per heavy atom. The molecule has 1 aliphatic carbocycles. The second-order valence-electron chi connectivity index (χ2n) is 5.75. The van der Waals surface area contributed by atoms with Gasteiger partial charge in [0.05, 0.1) is 23.3 Å². The Hall–Kier alpha value is -2.47. The summed E-state index contributed by atoms with van der Waals surface area (Å²) in [5.74, 6) is -1.20. The molecule has 2 amide bonds. The van der Waals surface area contributed by atoms with Crippen molar-refractivity contribution in [1.29, 1.82) is 0 Å². The van der Waals surface area contributed by atoms with Gasteiger partial charge in [-0.05, 0) is 43.9 Å². The minimum Gasteiger partial charge on any atom is -0.462 e. The molecule has 6 heteroatoms. The lowest BCUT2D eigenvalue weighted by Gasteiger charge is -2.14. The summed E-state index contributed by atoms with van der Waals surface area (Å²) in [6.45, 7) is 2.00. The molecule has 1 aromatic heterocycles. The predicted octanol–water partition coefficient (Wildman–Crippen LogP) is 3.21. The first-order valence-corrected chi connectivity index (χ1v) is 8.74. The molecule has 2 aliphatic rings. The summed E-state index contributed by atoms with van der Waals surface area (Å²) in [5.41, 5.74) is 2.09. The standard InChI is InChI=1S/C18H15NO4S/c1-2-23-18(22)14-12-8-5-9-13(12)24-17(14)19-15(20)10-6-3-4-7-11(10)16(19)21/h3-4,6-7H,2,5,8-9H2,1H3. The van der Waals surface area contributed by atoms with Crippen LogP contribution in [-0.4, -0.2) is 24.4 Å². The van der Waals surface area contributed by atoms with Gasteiger partial charge in [-0.3, -0.25) is 9.59 Å². The number of ether oxygens (including phenoxy) is 1. The fourth-order valence-corrected chi connectivity index (χ4v) is 4.71. The molecule has 0 radical (unpaired) electrons. The lowest BCUT2D eigenvalue weighted by atomic mass is 10.1. The molecule has 1 aliphatic heterocycles. The first kappa shape index (κ1) is 15.1. The molecular weight excluding hydrogens is 326 g/mol. The number of amides is 2. The van der Waals surface area contributed by atoms with Crippen LogP contribution in [0.15, 0.2) is 24.3 Å². The van der Waals surface area contributed by atoms with Gasteiger partial charge in [-0.2, -0.15) is 0 Å². The number of carbonyl (C=O) groups is 3. The lowest BCUT2D eigenvalue weighted by Crippen LogP contribution is -2.30. The molecule has 5 nitrogen and oxygen atoms in total. The number of rotatable bonds is 3. The zero-order valence-corrected chi connectivity index (χ0v) is 13.9. The van der Waals surface area contributed by atoms with Crippen LogP contribution in [0.2, 0.25) is 0 Å². The summed E-state index contributed by atoms with van der Waals surface area (Å²) in [5, 5.41) is 0.407. The molecule has 2 heterocycles. The molecule has 1 aromatic carbocycles. The average molecular weight is 341 g/mol. The zero-order valence-electron chi connectivity index (χ0n) is 13.1. The summed E-state index contributed by atoms with van der Waals surface area (Å²) in [6, 6.07) is 6.74. The third-order valence-electron chi connectivity index (χ3n) is 4.38. The van der Waals surface area contributed by atoms with E-state index in [2.05, 4.69) is 0 Å². The van der Waals surface area contributed by atoms with Crippen LogP contribution in [0.3, 0.4) is 0 Å². The van der Waals surface area contributed by atoms with Crippen LogP contribution < -0.4 is 4.90 Å². The lowest BCUT2D eigenvalue weighted by molar-refractivity contribution is 0.0527. The Kier molecular flexibility index (Phi) is 3.49. The maximum Gasteiger partial charge on any atom is 0.341 e. The number of fused-ring (bicyclic) bond motifs is 2. The van der Waals surface area contributed by atoms with Gasteiger partial charge in [0.25, 0.3) is 11.8 Å². The van der Waals surface area contributed by atoms with E-state index in [0.717, 1.165) is 34.6 Å². The van der Waals surface area contributed by atoms with Crippen molar-refractivity contribution >= 4 is 34.1 Å². The van der Waals surface area contributed by atoms with E-state index in [1.54, 1.807) is 31.2 Å². The largest absolute Gasteiger partial charge is 0.462 e. The van der Waals surface area contributed by atoms with Crippen molar-refractivity contribution in [3.8, 4) is 0 Å². The summed E-state index contributed by atoms with van der Waals surface area (Å²) < 4.78 is 5.18. The van der Waals surface area contributed by atoms with Crippen LogP contribution in [0.5, 0.6) is 0 Å². The van der Waals surface area contributed by atoms with Gasteiger partial charge in [0, 0.05) is 4.88 Å². The van der Waals surface area contributed by atoms with E-state index in [9.17, 15) is 14.4 Å². The van der Waals surface area contributed by atoms with Crippen LogP contribution in [-0.2, 0) is 17.6 Å². The summed E-state index contributed by atoms with van der Waals surface area (Å²) in [4.78, 5) is 40.1. The normalized spacial score (nSPS) is 15.6. The Bertz CT molecular complexity index is 848. The monoisotopic (exact) mass is 341 g/mol. The van der Waals surface area contributed by atoms with Gasteiger partial charge in [-0.15, -0.1) is 11.3 Å². The number of benzene rings is 1. The highest BCUT2D eigenvalue weighted by atomic mass is 32.1. The quantitative estimate of drug-likeness (QED) is 0.635. The first-order chi connectivity index (χ1) is 11.6. The van der Waals surface area contributed by atoms with E-state index < -0.39 is 5.97 Å². The molecule has 0 saturated carbocycles. The van der Waals surface area contributed by atoms with Gasteiger partial charge in [-0.25, -0.2) is 9.69 Å². The minimum absolute atomic E-state index is 0.255. The Morgan fingerprint density at radius 1 is 1.17 bits per heavy atom. The van der Waals surface area contributed by atoms with Crippen molar-refractivity contribution < 1.29 is 19.1 Å². The van der Waals surface area contributed by atoms with Gasteiger partial charge in [-0.1, -0.05) is 12.1 Å². The Balaban J connectivity index is 1.85. The van der Waals surface area contributed by atoms with Gasteiger partial charge < -0.3 is 4.74 Å². The highest BCUT2D eigenvalue weighted by molar-refractivity contribution is 7.17. The number of thiophene rings is 1. The van der Waals surface area contributed by atoms with Crippen molar-refractivity contribution in [2.75, 3.05) is 11.5 Å². The third-order valence-corrected chi connectivity index (χ3v) is 5.66. The van der Waals surface area contributed by atoms with Crippen LogP contribution in [0.1, 0.15) is 54.9 Å². The first-order valence-electron chi connectivity index (χ1n) is 7.93. The SMILES string of the molecule is CCOC(=O)c1c(N2C(=O)c3ccccc3C2=O)sc2c1CCC2. The molecule has 0 N–H and O–H groups in total. The van der Waals surface area contributed by atoms with Crippen LogP contribution in [0.4, 0.5) is 5.00 Å². The van der Waals surface area contributed by atoms with Crippen molar-refractivity contribution in [1.82, 2.24) is 0 Å². The molecule has 24 heavy (non-hydrogen) atoms. The molecule has 122 valence electrons. The molecular formula is C18H15NO4S. The van der Waals surface area contributed by atoms with E-state index in [-0.39, 0.29) is 18.4 Å². The number of carbonyl (C=O) groups excluding carboxylic acids is 3. The topological polar surface area (TPSA) is 63.7 Å². The van der Waals surface area contributed by atoms with E-state index in [0.29, 0.717) is 21.7 Å². The van der Waals surface area contributed by atoms with E-state index in [1.807, 2.05) is 0 Å². The maximum absolute atomic E-state index is 12.7. The van der Waals surface area contributed by atoms with Crippen molar-refractivity contribution in [2.24, 2.45) is 0 Å². The predicted molar refractivity (Wildman–Crippen MR) is 89.9 cm³/mol. The number of hydrogen-bond acceptors (Lipinski definition) is 5. The zero-order chi connectivity index (χ0) is 16.8. The molecule has 0 unspecified atom stereocenters. The average Bonchev–Trinajstić information content (AvgIpc) is 3.21. The van der Waals surface area contributed by atoms with Crippen LogP contribution in [0, 0.1) is 0 Å². The molecule has 0 atom stereocenters. The number of imide groups is 1. The van der Waals surface area contributed by atoms with E-state index >= 15 is 0 Å². The fraction of sp³-hybridized carbons (Fsp3) is 0.278. The molecule has 2 aromatic rings. The molecule has 0 saturated heterocycles. The van der Waals surface area contributed by atoms with Gasteiger partial charge in [0.1, 0.15) is 5.00 Å². The number of esters is 1. The summed E-state index contributed by atoms with van der Waals surface area (Å²) in [7, 11) is 0. The van der Waals surface area contributed by atoms with Crippen molar-refractivity contribution in [3.63, 3.8) is 0 Å². The number of anilines is 1. The van der Waals surface area contributed by atoms with Crippen molar-refractivity contribution in [2.45, 2.75) is 26.2 Å². The van der Waals surface area contributed by atoms with Gasteiger partial charge in [0.2, 0.25) is 0 Å². The number of nitrogens with zero attached hydrogens (tertiary/aromatic N) is 1. The molecule has 0 fully saturated rings. The summed E-state index contributed by atoms with van der Waals surface area (Å²) in [6.07, 6.45) is 2.63. The molecule has 0 spiro atoms. The van der Waals surface area contributed by atoms with Gasteiger partial charge >= 0.3 is 5.97 Å². The third kappa shape index (κ3) is 2.03. The van der Waals surface area contributed by atoms with E-state index in [1.165, 1.54) is 11.3 Å². The van der Waals surface area contributed by atoms with E-state index in [4.69, 9.17) is 4.74 Å². The maximum atomic E-state index is 12.7. The Labute approximate surface area is 142 Å². The van der Waals surface area contributed by atoms with Crippen molar-refractivity contribution in [3.05, 3.63) is 51.4 Å². The van der Waals surface area contributed by atoms with Crippen LogP contribution >= 0.6 is 11.3 Å². The molecule has 4 rings (SSSR count). The highest BCUT2D eigenvalue weighted by Crippen LogP contribution is 2.43. The number of aryl methyl sites for hydroxylation is 1. The molecule has 0 bridgehead atoms. The number of hydrogen-bond donors (Lipinski definition) is 0. The van der Waals surface area contributed by atoms with Crippen LogP contribution in [0.25, 0.3) is 0 Å². The Morgan fingerprint density at radius 2 is 1.83 bits per heavy atom. The second kappa shape index (κ2) is 5.56.